The Kier molecular flexibility index (Phi) is 4.51. The molecule has 1 aliphatic rings. The van der Waals surface area contributed by atoms with Crippen molar-refractivity contribution in [1.82, 2.24) is 0 Å². The van der Waals surface area contributed by atoms with Crippen LogP contribution in [0.5, 0.6) is 17.2 Å². The Hall–Kier alpha value is -2.78. The van der Waals surface area contributed by atoms with Gasteiger partial charge in [-0.3, -0.25) is 4.79 Å². The van der Waals surface area contributed by atoms with Gasteiger partial charge in [-0.05, 0) is 30.3 Å². The average molecular weight is 364 g/mol. The number of para-hydroxylation sites is 2. The van der Waals surface area contributed by atoms with E-state index in [4.69, 9.17) is 19.3 Å². The smallest absolute Gasteiger partial charge is 0.269 e. The molecule has 0 bridgehead atoms. The van der Waals surface area contributed by atoms with Crippen LogP contribution >= 0.6 is 0 Å². The number of nitrogens with two attached hydrogens (primary N) is 1. The number of carbonyl (C=O) groups excluding carboxylic acids is 1. The molecule has 0 fully saturated rings. The van der Waals surface area contributed by atoms with E-state index in [1.165, 1.54) is 25.3 Å². The quantitative estimate of drug-likeness (QED) is 0.840. The molecule has 1 atom stereocenters. The number of hydrogen-bond donors (Lipinski definition) is 2. The molecule has 1 amide bonds. The molecule has 2 aromatic rings. The van der Waals surface area contributed by atoms with Gasteiger partial charge in [-0.1, -0.05) is 12.1 Å². The summed E-state index contributed by atoms with van der Waals surface area (Å²) in [5.41, 5.74) is 0.247. The molecule has 0 spiro atoms. The maximum Gasteiger partial charge on any atom is 0.269 e. The van der Waals surface area contributed by atoms with E-state index >= 15 is 0 Å². The van der Waals surface area contributed by atoms with Gasteiger partial charge in [0.05, 0.1) is 7.11 Å². The first kappa shape index (κ1) is 17.1. The van der Waals surface area contributed by atoms with Crippen LogP contribution in [0.25, 0.3) is 0 Å². The largest absolute Gasteiger partial charge is 0.495 e. The normalized spacial score (nSPS) is 16.2. The van der Waals surface area contributed by atoms with Crippen LogP contribution in [0.3, 0.4) is 0 Å². The summed E-state index contributed by atoms with van der Waals surface area (Å²) >= 11 is 0. The Labute approximate surface area is 144 Å². The number of carbonyl (C=O) groups is 1. The molecule has 0 unspecified atom stereocenters. The molecular weight excluding hydrogens is 348 g/mol. The fraction of sp³-hybridized carbons (Fsp3) is 0.188. The zero-order chi connectivity index (χ0) is 18.0. The number of fused-ring (bicyclic) bond motifs is 1. The van der Waals surface area contributed by atoms with Crippen molar-refractivity contribution in [3.05, 3.63) is 42.5 Å². The van der Waals surface area contributed by atoms with Gasteiger partial charge < -0.3 is 19.5 Å². The summed E-state index contributed by atoms with van der Waals surface area (Å²) in [6.45, 7) is 0.0427. The molecule has 0 radical (unpaired) electrons. The van der Waals surface area contributed by atoms with E-state index in [0.717, 1.165) is 0 Å². The van der Waals surface area contributed by atoms with Gasteiger partial charge in [0.1, 0.15) is 17.3 Å². The highest BCUT2D eigenvalue weighted by Crippen LogP contribution is 2.31. The monoisotopic (exact) mass is 364 g/mol. The maximum atomic E-state index is 12.4. The lowest BCUT2D eigenvalue weighted by Gasteiger charge is -2.25. The van der Waals surface area contributed by atoms with Gasteiger partial charge in [0.15, 0.2) is 11.5 Å². The molecule has 0 saturated carbocycles. The predicted molar refractivity (Wildman–Crippen MR) is 89.3 cm³/mol. The third kappa shape index (κ3) is 3.67. The van der Waals surface area contributed by atoms with Crippen LogP contribution in [0.1, 0.15) is 0 Å². The van der Waals surface area contributed by atoms with E-state index in [-0.39, 0.29) is 22.9 Å². The van der Waals surface area contributed by atoms with Crippen LogP contribution in [0.2, 0.25) is 0 Å². The van der Waals surface area contributed by atoms with Crippen LogP contribution in [0.15, 0.2) is 47.4 Å². The van der Waals surface area contributed by atoms with Crippen molar-refractivity contribution >= 4 is 21.6 Å². The maximum absolute atomic E-state index is 12.4. The molecule has 9 heteroatoms. The Morgan fingerprint density at radius 2 is 1.96 bits per heavy atom. The summed E-state index contributed by atoms with van der Waals surface area (Å²) in [5.74, 6) is 0.646. The number of primary sulfonamides is 1. The average Bonchev–Trinajstić information content (AvgIpc) is 2.60. The van der Waals surface area contributed by atoms with Gasteiger partial charge in [-0.25, -0.2) is 13.6 Å². The van der Waals surface area contributed by atoms with Crippen molar-refractivity contribution in [3.8, 4) is 17.2 Å². The second-order valence-corrected chi connectivity index (χ2v) is 6.79. The van der Waals surface area contributed by atoms with Gasteiger partial charge in [-0.2, -0.15) is 0 Å². The van der Waals surface area contributed by atoms with E-state index < -0.39 is 22.0 Å². The minimum absolute atomic E-state index is 0.0427. The molecule has 0 aromatic heterocycles. The number of methoxy groups -OCH3 is 1. The molecule has 132 valence electrons. The van der Waals surface area contributed by atoms with Gasteiger partial charge in [0.2, 0.25) is 16.1 Å². The predicted octanol–water partition coefficient (Wildman–Crippen LogP) is 1.12. The van der Waals surface area contributed by atoms with Crippen molar-refractivity contribution in [1.29, 1.82) is 0 Å². The number of anilines is 1. The summed E-state index contributed by atoms with van der Waals surface area (Å²) in [6, 6.07) is 11.1. The van der Waals surface area contributed by atoms with Gasteiger partial charge >= 0.3 is 0 Å². The number of amides is 1. The van der Waals surface area contributed by atoms with Gasteiger partial charge in [-0.15, -0.1) is 0 Å². The van der Waals surface area contributed by atoms with Crippen molar-refractivity contribution < 1.29 is 27.4 Å². The molecule has 3 rings (SSSR count). The highest BCUT2D eigenvalue weighted by molar-refractivity contribution is 7.89. The standard InChI is InChI=1S/C16H16N2O6S/c1-22-13-7-6-10(8-15(13)25(17,20)21)18-16(19)14-9-23-11-4-2-3-5-12(11)24-14/h2-8,14H,9H2,1H3,(H,18,19)(H2,17,20,21)/t14-/m0/s1. The highest BCUT2D eigenvalue weighted by atomic mass is 32.2. The number of rotatable bonds is 4. The zero-order valence-electron chi connectivity index (χ0n) is 13.3. The lowest BCUT2D eigenvalue weighted by Crippen LogP contribution is -2.40. The number of nitrogens with one attached hydrogen (secondary N) is 1. The number of hydrogen-bond acceptors (Lipinski definition) is 6. The summed E-state index contributed by atoms with van der Waals surface area (Å²) in [4.78, 5) is 12.1. The lowest BCUT2D eigenvalue weighted by atomic mass is 10.2. The number of ether oxygens (including phenoxy) is 3. The summed E-state index contributed by atoms with van der Waals surface area (Å²) < 4.78 is 39.3. The molecule has 8 nitrogen and oxygen atoms in total. The third-order valence-electron chi connectivity index (χ3n) is 3.54. The highest BCUT2D eigenvalue weighted by Gasteiger charge is 2.27. The van der Waals surface area contributed by atoms with Crippen LogP contribution in [-0.2, 0) is 14.8 Å². The molecule has 1 aliphatic heterocycles. The summed E-state index contributed by atoms with van der Waals surface area (Å²) in [6.07, 6.45) is -0.866. The van der Waals surface area contributed by atoms with Crippen LogP contribution < -0.4 is 24.7 Å². The molecule has 25 heavy (non-hydrogen) atoms. The lowest BCUT2D eigenvalue weighted by molar-refractivity contribution is -0.125. The second kappa shape index (κ2) is 6.61. The molecule has 3 N–H and O–H groups in total. The van der Waals surface area contributed by atoms with Gasteiger partial charge in [0.25, 0.3) is 5.91 Å². The van der Waals surface area contributed by atoms with E-state index in [1.54, 1.807) is 24.3 Å². The van der Waals surface area contributed by atoms with Crippen molar-refractivity contribution in [2.75, 3.05) is 19.0 Å². The van der Waals surface area contributed by atoms with Crippen LogP contribution in [-0.4, -0.2) is 34.1 Å². The Balaban J connectivity index is 1.78. The first-order chi connectivity index (χ1) is 11.9. The third-order valence-corrected chi connectivity index (χ3v) is 4.47. The van der Waals surface area contributed by atoms with Crippen molar-refractivity contribution in [3.63, 3.8) is 0 Å². The van der Waals surface area contributed by atoms with E-state index in [1.807, 2.05) is 0 Å². The Morgan fingerprint density at radius 3 is 2.64 bits per heavy atom. The van der Waals surface area contributed by atoms with Crippen LogP contribution in [0.4, 0.5) is 5.69 Å². The minimum Gasteiger partial charge on any atom is -0.495 e. The van der Waals surface area contributed by atoms with Crippen LogP contribution in [0, 0.1) is 0 Å². The Bertz CT molecular complexity index is 913. The Morgan fingerprint density at radius 1 is 1.24 bits per heavy atom. The SMILES string of the molecule is COc1ccc(NC(=O)[C@@H]2COc3ccccc3O2)cc1S(N)(=O)=O. The zero-order valence-corrected chi connectivity index (χ0v) is 14.1. The number of sulfonamides is 1. The molecular formula is C16H16N2O6S. The molecule has 0 aliphatic carbocycles. The fourth-order valence-electron chi connectivity index (χ4n) is 2.35. The summed E-state index contributed by atoms with van der Waals surface area (Å²) in [7, 11) is -2.67. The van der Waals surface area contributed by atoms with Crippen molar-refractivity contribution in [2.24, 2.45) is 5.14 Å². The first-order valence-corrected chi connectivity index (χ1v) is 8.83. The molecule has 1 heterocycles. The number of benzene rings is 2. The molecule has 2 aromatic carbocycles. The van der Waals surface area contributed by atoms with E-state index in [2.05, 4.69) is 5.32 Å². The summed E-state index contributed by atoms with van der Waals surface area (Å²) in [5, 5.41) is 7.75. The van der Waals surface area contributed by atoms with E-state index in [9.17, 15) is 13.2 Å². The van der Waals surface area contributed by atoms with Gasteiger partial charge in [0, 0.05) is 5.69 Å². The van der Waals surface area contributed by atoms with Crippen molar-refractivity contribution in [2.45, 2.75) is 11.0 Å². The fourth-order valence-corrected chi connectivity index (χ4v) is 3.07. The minimum atomic E-state index is -4.00. The first-order valence-electron chi connectivity index (χ1n) is 7.28. The molecule has 0 saturated heterocycles. The van der Waals surface area contributed by atoms with E-state index in [0.29, 0.717) is 11.5 Å². The second-order valence-electron chi connectivity index (χ2n) is 5.26. The topological polar surface area (TPSA) is 117 Å².